The number of piperidine rings is 1. The number of aromatic nitrogens is 2. The van der Waals surface area contributed by atoms with Gasteiger partial charge in [0.25, 0.3) is 0 Å². The molecule has 2 aliphatic rings. The molecule has 0 saturated carbocycles. The zero-order valence-electron chi connectivity index (χ0n) is 16.6. The van der Waals surface area contributed by atoms with E-state index in [1.807, 2.05) is 42.2 Å². The summed E-state index contributed by atoms with van der Waals surface area (Å²) >= 11 is 6.51. The van der Waals surface area contributed by atoms with Crippen molar-refractivity contribution in [3.8, 4) is 0 Å². The summed E-state index contributed by atoms with van der Waals surface area (Å²) < 4.78 is 0. The van der Waals surface area contributed by atoms with Crippen molar-refractivity contribution in [1.82, 2.24) is 14.9 Å². The van der Waals surface area contributed by atoms with Crippen molar-refractivity contribution >= 4 is 23.3 Å². The lowest BCUT2D eigenvalue weighted by atomic mass is 9.98. The number of rotatable bonds is 3. The molecule has 1 aromatic heterocycles. The van der Waals surface area contributed by atoms with Crippen LogP contribution in [-0.2, 0) is 17.8 Å². The molecule has 1 atom stereocenters. The van der Waals surface area contributed by atoms with Gasteiger partial charge in [0.1, 0.15) is 17.0 Å². The van der Waals surface area contributed by atoms with Gasteiger partial charge in [0.15, 0.2) is 0 Å². The SMILES string of the molecule is Cc1nc2c(c(N3CCC(C)CC3)n1)CN(C(=O)C(Cl)c1ccccc1)CC2. The number of amides is 1. The Kier molecular flexibility index (Phi) is 5.54. The van der Waals surface area contributed by atoms with Gasteiger partial charge >= 0.3 is 0 Å². The van der Waals surface area contributed by atoms with Gasteiger partial charge in [-0.25, -0.2) is 9.97 Å². The lowest BCUT2D eigenvalue weighted by molar-refractivity contribution is -0.131. The Balaban J connectivity index is 1.58. The standard InChI is InChI=1S/C22H27ClN4O/c1-15-8-11-26(12-9-15)21-18-14-27(13-10-19(18)24-16(2)25-21)22(28)20(23)17-6-4-3-5-7-17/h3-7,15,20H,8-14H2,1-2H3. The lowest BCUT2D eigenvalue weighted by Gasteiger charge is -2.36. The fraction of sp³-hybridized carbons (Fsp3) is 0.500. The van der Waals surface area contributed by atoms with Crippen molar-refractivity contribution in [1.29, 1.82) is 0 Å². The molecule has 4 rings (SSSR count). The van der Waals surface area contributed by atoms with Gasteiger partial charge in [0, 0.05) is 31.6 Å². The first-order valence-corrected chi connectivity index (χ1v) is 10.6. The third kappa shape index (κ3) is 3.86. The Labute approximate surface area is 171 Å². The topological polar surface area (TPSA) is 49.3 Å². The van der Waals surface area contributed by atoms with E-state index in [1.165, 1.54) is 12.8 Å². The first-order valence-electron chi connectivity index (χ1n) is 10.1. The molecule has 1 saturated heterocycles. The Morgan fingerprint density at radius 1 is 1.14 bits per heavy atom. The van der Waals surface area contributed by atoms with Crippen molar-refractivity contribution < 1.29 is 4.79 Å². The van der Waals surface area contributed by atoms with Crippen molar-refractivity contribution in [2.75, 3.05) is 24.5 Å². The number of halogens is 1. The van der Waals surface area contributed by atoms with Crippen LogP contribution < -0.4 is 4.90 Å². The van der Waals surface area contributed by atoms with E-state index >= 15 is 0 Å². The maximum atomic E-state index is 13.0. The zero-order chi connectivity index (χ0) is 19.7. The molecule has 0 N–H and O–H groups in total. The molecular formula is C22H27ClN4O. The third-order valence-corrected chi connectivity index (χ3v) is 6.29. The van der Waals surface area contributed by atoms with Crippen molar-refractivity contribution in [3.63, 3.8) is 0 Å². The van der Waals surface area contributed by atoms with Gasteiger partial charge in [0.2, 0.25) is 5.91 Å². The number of fused-ring (bicyclic) bond motifs is 1. The highest BCUT2D eigenvalue weighted by Gasteiger charge is 2.31. The molecule has 2 aliphatic heterocycles. The molecule has 1 amide bonds. The van der Waals surface area contributed by atoms with Gasteiger partial charge in [-0.05, 0) is 31.2 Å². The largest absolute Gasteiger partial charge is 0.356 e. The third-order valence-electron chi connectivity index (χ3n) is 5.85. The predicted octanol–water partition coefficient (Wildman–Crippen LogP) is 3.89. The van der Waals surface area contributed by atoms with Gasteiger partial charge in [-0.15, -0.1) is 11.6 Å². The summed E-state index contributed by atoms with van der Waals surface area (Å²) in [5, 5.41) is -0.659. The van der Waals surface area contributed by atoms with E-state index in [1.54, 1.807) is 0 Å². The van der Waals surface area contributed by atoms with E-state index in [2.05, 4.69) is 16.8 Å². The molecule has 148 valence electrons. The fourth-order valence-electron chi connectivity index (χ4n) is 4.11. The van der Waals surface area contributed by atoms with Gasteiger partial charge in [-0.2, -0.15) is 0 Å². The van der Waals surface area contributed by atoms with Crippen LogP contribution in [-0.4, -0.2) is 40.4 Å². The Morgan fingerprint density at radius 2 is 1.86 bits per heavy atom. The molecule has 5 nitrogen and oxygen atoms in total. The molecular weight excluding hydrogens is 372 g/mol. The van der Waals surface area contributed by atoms with Crippen molar-refractivity contribution in [2.24, 2.45) is 5.92 Å². The summed E-state index contributed by atoms with van der Waals surface area (Å²) in [4.78, 5) is 26.7. The maximum absolute atomic E-state index is 13.0. The van der Waals surface area contributed by atoms with E-state index in [9.17, 15) is 4.79 Å². The molecule has 0 spiro atoms. The molecule has 2 aromatic rings. The van der Waals surface area contributed by atoms with E-state index in [4.69, 9.17) is 16.6 Å². The number of carbonyl (C=O) groups excluding carboxylic acids is 1. The summed E-state index contributed by atoms with van der Waals surface area (Å²) in [6.45, 7) is 7.47. The molecule has 0 bridgehead atoms. The van der Waals surface area contributed by atoms with Crippen LogP contribution in [0.5, 0.6) is 0 Å². The van der Waals surface area contributed by atoms with Gasteiger partial charge in [-0.1, -0.05) is 37.3 Å². The normalized spacial score (nSPS) is 18.7. The zero-order valence-corrected chi connectivity index (χ0v) is 17.3. The molecule has 1 fully saturated rings. The first-order chi connectivity index (χ1) is 13.5. The second-order valence-corrected chi connectivity index (χ2v) is 8.41. The van der Waals surface area contributed by atoms with Crippen LogP contribution in [0.1, 0.15) is 47.8 Å². The Hall–Kier alpha value is -2.14. The number of alkyl halides is 1. The monoisotopic (exact) mass is 398 g/mol. The molecule has 0 aliphatic carbocycles. The molecule has 28 heavy (non-hydrogen) atoms. The maximum Gasteiger partial charge on any atom is 0.245 e. The number of benzene rings is 1. The summed E-state index contributed by atoms with van der Waals surface area (Å²) in [6.07, 6.45) is 3.11. The minimum atomic E-state index is -0.659. The predicted molar refractivity (Wildman–Crippen MR) is 112 cm³/mol. The van der Waals surface area contributed by atoms with Crippen LogP contribution in [0.3, 0.4) is 0 Å². The van der Waals surface area contributed by atoms with Crippen LogP contribution in [0.15, 0.2) is 30.3 Å². The second-order valence-electron chi connectivity index (χ2n) is 7.97. The molecule has 3 heterocycles. The number of carbonyl (C=O) groups is 1. The molecule has 1 unspecified atom stereocenters. The summed E-state index contributed by atoms with van der Waals surface area (Å²) in [7, 11) is 0. The summed E-state index contributed by atoms with van der Waals surface area (Å²) in [6, 6.07) is 9.56. The molecule has 0 radical (unpaired) electrons. The average molecular weight is 399 g/mol. The highest BCUT2D eigenvalue weighted by molar-refractivity contribution is 6.30. The van der Waals surface area contributed by atoms with Crippen LogP contribution in [0.25, 0.3) is 0 Å². The number of anilines is 1. The smallest absolute Gasteiger partial charge is 0.245 e. The Morgan fingerprint density at radius 3 is 2.57 bits per heavy atom. The number of hydrogen-bond donors (Lipinski definition) is 0. The number of hydrogen-bond acceptors (Lipinski definition) is 4. The lowest BCUT2D eigenvalue weighted by Crippen LogP contribution is -2.41. The van der Waals surface area contributed by atoms with Crippen LogP contribution >= 0.6 is 11.6 Å². The highest BCUT2D eigenvalue weighted by atomic mass is 35.5. The summed E-state index contributed by atoms with van der Waals surface area (Å²) in [5.74, 6) is 2.54. The van der Waals surface area contributed by atoms with Gasteiger partial charge in [0.05, 0.1) is 12.2 Å². The number of nitrogens with zero attached hydrogens (tertiary/aromatic N) is 4. The summed E-state index contributed by atoms with van der Waals surface area (Å²) in [5.41, 5.74) is 3.01. The number of aryl methyl sites for hydroxylation is 1. The van der Waals surface area contributed by atoms with Crippen molar-refractivity contribution in [2.45, 2.75) is 45.0 Å². The van der Waals surface area contributed by atoms with E-state index in [0.29, 0.717) is 13.1 Å². The van der Waals surface area contributed by atoms with Crippen molar-refractivity contribution in [3.05, 3.63) is 53.0 Å². The average Bonchev–Trinajstić information content (AvgIpc) is 2.73. The quantitative estimate of drug-likeness (QED) is 0.736. The van der Waals surface area contributed by atoms with Crippen LogP contribution in [0.4, 0.5) is 5.82 Å². The Bertz CT molecular complexity index is 849. The van der Waals surface area contributed by atoms with E-state index in [0.717, 1.165) is 53.9 Å². The highest BCUT2D eigenvalue weighted by Crippen LogP contribution is 2.32. The van der Waals surface area contributed by atoms with E-state index in [-0.39, 0.29) is 5.91 Å². The first kappa shape index (κ1) is 19.2. The second kappa shape index (κ2) is 8.08. The minimum Gasteiger partial charge on any atom is -0.356 e. The molecule has 1 aromatic carbocycles. The fourth-order valence-corrected chi connectivity index (χ4v) is 4.40. The van der Waals surface area contributed by atoms with Gasteiger partial charge in [-0.3, -0.25) is 4.79 Å². The molecule has 6 heteroatoms. The van der Waals surface area contributed by atoms with E-state index < -0.39 is 5.38 Å². The van der Waals surface area contributed by atoms with Gasteiger partial charge < -0.3 is 9.80 Å². The van der Waals surface area contributed by atoms with Crippen LogP contribution in [0, 0.1) is 12.8 Å². The van der Waals surface area contributed by atoms with Crippen LogP contribution in [0.2, 0.25) is 0 Å². The minimum absolute atomic E-state index is 0.0442.